The molecule has 0 amide bonds. The number of carboxylic acid groups (broad SMARTS) is 1. The molecule has 4 heteroatoms. The fourth-order valence-electron chi connectivity index (χ4n) is 3.58. The van der Waals surface area contributed by atoms with E-state index in [9.17, 15) is 4.79 Å². The van der Waals surface area contributed by atoms with Gasteiger partial charge in [0, 0.05) is 0 Å². The van der Waals surface area contributed by atoms with Crippen molar-refractivity contribution in [3.63, 3.8) is 0 Å². The second-order valence-corrected chi connectivity index (χ2v) is 10.5. The number of carboxylic acids is 1. The monoisotopic (exact) mass is 476 g/mol. The molecule has 2 aromatic rings. The van der Waals surface area contributed by atoms with Crippen molar-refractivity contribution < 1.29 is 14.6 Å². The molecule has 2 atom stereocenters. The van der Waals surface area contributed by atoms with E-state index >= 15 is 0 Å². The zero-order chi connectivity index (χ0) is 21.4. The Morgan fingerprint density at radius 2 is 1.57 bits per heavy atom. The van der Waals surface area contributed by atoms with Crippen molar-refractivity contribution in [3.8, 4) is 0 Å². The van der Waals surface area contributed by atoms with Gasteiger partial charge in [0.05, 0.1) is 5.56 Å². The van der Waals surface area contributed by atoms with Crippen LogP contribution < -0.4 is 4.46 Å². The molecule has 1 aliphatic rings. The molecule has 0 bridgehead atoms. The predicted molar refractivity (Wildman–Crippen MR) is 126 cm³/mol. The molecule has 3 rings (SSSR count). The number of hydrogen-bond donors (Lipinski definition) is 1. The summed E-state index contributed by atoms with van der Waals surface area (Å²) in [5.74, 6) is -0.879. The van der Waals surface area contributed by atoms with Gasteiger partial charge in [0.15, 0.2) is 0 Å². The van der Waals surface area contributed by atoms with Crippen LogP contribution in [0.5, 0.6) is 0 Å². The maximum Gasteiger partial charge on any atom is 0.335 e. The van der Waals surface area contributed by atoms with Crippen molar-refractivity contribution in [2.24, 2.45) is 0 Å². The number of carbonyl (C=O) groups is 1. The third-order valence-corrected chi connectivity index (χ3v) is 8.18. The smallest absolute Gasteiger partial charge is 0.335 e. The van der Waals surface area contributed by atoms with Crippen molar-refractivity contribution in [2.45, 2.75) is 75.6 Å². The van der Waals surface area contributed by atoms with Crippen LogP contribution in [0.2, 0.25) is 4.82 Å². The number of ether oxygens (including phenoxy) is 1. The average Bonchev–Trinajstić information content (AvgIpc) is 2.76. The fourth-order valence-corrected chi connectivity index (χ4v) is 6.34. The molecule has 0 heterocycles. The molecular formula is C26H36O3Se. The normalized spacial score (nSPS) is 19.1. The van der Waals surface area contributed by atoms with Crippen molar-refractivity contribution in [2.75, 3.05) is 6.61 Å². The second kappa shape index (κ2) is 15.2. The van der Waals surface area contributed by atoms with Crippen LogP contribution in [0, 0.1) is 0 Å². The summed E-state index contributed by atoms with van der Waals surface area (Å²) in [5.41, 5.74) is 0.331. The molecule has 1 fully saturated rings. The number of rotatable bonds is 8. The van der Waals surface area contributed by atoms with Gasteiger partial charge in [-0.15, -0.1) is 0 Å². The number of hydrogen-bond acceptors (Lipinski definition) is 2. The molecule has 30 heavy (non-hydrogen) atoms. The van der Waals surface area contributed by atoms with E-state index in [1.54, 1.807) is 30.3 Å². The van der Waals surface area contributed by atoms with E-state index in [0.29, 0.717) is 26.6 Å². The van der Waals surface area contributed by atoms with Crippen LogP contribution in [-0.2, 0) is 4.74 Å². The molecule has 2 aromatic carbocycles. The second-order valence-electron chi connectivity index (χ2n) is 7.75. The molecule has 0 aromatic heterocycles. The van der Waals surface area contributed by atoms with Crippen molar-refractivity contribution in [3.05, 3.63) is 66.2 Å². The topological polar surface area (TPSA) is 46.5 Å². The van der Waals surface area contributed by atoms with Gasteiger partial charge >= 0.3 is 143 Å². The van der Waals surface area contributed by atoms with Gasteiger partial charge in [-0.25, -0.2) is 4.79 Å². The minimum atomic E-state index is -0.879. The molecule has 1 aliphatic carbocycles. The number of aromatic carboxylic acids is 1. The van der Waals surface area contributed by atoms with E-state index < -0.39 is 5.97 Å². The first-order valence-electron chi connectivity index (χ1n) is 11.3. The Labute approximate surface area is 188 Å². The van der Waals surface area contributed by atoms with Crippen LogP contribution in [0.3, 0.4) is 0 Å². The summed E-state index contributed by atoms with van der Waals surface area (Å²) >= 11 is 0.564. The quantitative estimate of drug-likeness (QED) is 0.370. The molecule has 2 unspecified atom stereocenters. The molecule has 164 valence electrons. The molecule has 0 saturated heterocycles. The Morgan fingerprint density at radius 3 is 2.17 bits per heavy atom. The Hall–Kier alpha value is -1.61. The maximum atomic E-state index is 10.2. The van der Waals surface area contributed by atoms with E-state index in [2.05, 4.69) is 37.3 Å². The van der Waals surface area contributed by atoms with Crippen molar-refractivity contribution >= 4 is 25.4 Å². The van der Waals surface area contributed by atoms with Crippen LogP contribution in [0.1, 0.15) is 75.1 Å². The minimum absolute atomic E-state index is 0.331. The third-order valence-electron chi connectivity index (χ3n) is 5.27. The van der Waals surface area contributed by atoms with Gasteiger partial charge in [-0.3, -0.25) is 0 Å². The maximum absolute atomic E-state index is 10.2. The summed E-state index contributed by atoms with van der Waals surface area (Å²) in [6.07, 6.45) is 12.6. The van der Waals surface area contributed by atoms with Crippen LogP contribution >= 0.6 is 0 Å². The summed E-state index contributed by atoms with van der Waals surface area (Å²) in [6.45, 7) is 3.23. The predicted octanol–water partition coefficient (Wildman–Crippen LogP) is 6.12. The Bertz CT molecular complexity index is 690. The third kappa shape index (κ3) is 9.93. The van der Waals surface area contributed by atoms with Gasteiger partial charge in [0.2, 0.25) is 0 Å². The van der Waals surface area contributed by atoms with E-state index in [1.807, 2.05) is 0 Å². The van der Waals surface area contributed by atoms with Crippen molar-refractivity contribution in [1.82, 2.24) is 0 Å². The zero-order valence-electron chi connectivity index (χ0n) is 18.2. The summed E-state index contributed by atoms with van der Waals surface area (Å²) in [7, 11) is 0. The largest absolute Gasteiger partial charge is 0.478 e. The molecule has 1 N–H and O–H groups in total. The Kier molecular flexibility index (Phi) is 12.5. The minimum Gasteiger partial charge on any atom is -0.478 e. The molecule has 1 saturated carbocycles. The van der Waals surface area contributed by atoms with Crippen LogP contribution in [0.4, 0.5) is 0 Å². The van der Waals surface area contributed by atoms with Gasteiger partial charge in [0.25, 0.3) is 0 Å². The number of benzene rings is 2. The SMILES string of the molecule is CCCCCOC1CCCCCCC1[Se]c1ccccc1.O=C(O)c1ccccc1. The van der Waals surface area contributed by atoms with Gasteiger partial charge in [-0.05, 0) is 12.1 Å². The fraction of sp³-hybridized carbons (Fsp3) is 0.500. The standard InChI is InChI=1S/C19H30OSe.C7H6O2/c1-2-3-11-16-20-18-14-9-4-5-10-15-19(18)21-17-12-7-6-8-13-17;8-7(9)6-4-2-1-3-5-6/h6-8,12-13,18-19H,2-5,9-11,14-16H2,1H3;1-5H,(H,8,9). The number of unbranched alkanes of at least 4 members (excludes halogenated alkanes) is 2. The summed E-state index contributed by atoms with van der Waals surface area (Å²) in [4.78, 5) is 11.0. The van der Waals surface area contributed by atoms with E-state index in [1.165, 1.54) is 62.2 Å². The Balaban J connectivity index is 0.000000297. The van der Waals surface area contributed by atoms with Gasteiger partial charge in [-0.1, -0.05) is 18.2 Å². The van der Waals surface area contributed by atoms with Crippen LogP contribution in [0.25, 0.3) is 0 Å². The van der Waals surface area contributed by atoms with Crippen LogP contribution in [-0.4, -0.2) is 38.7 Å². The molecule has 3 nitrogen and oxygen atoms in total. The first-order valence-corrected chi connectivity index (χ1v) is 13.2. The van der Waals surface area contributed by atoms with E-state index in [0.717, 1.165) is 11.4 Å². The van der Waals surface area contributed by atoms with Gasteiger partial charge in [0.1, 0.15) is 0 Å². The first kappa shape index (κ1) is 24.7. The summed E-state index contributed by atoms with van der Waals surface area (Å²) in [6, 6.07) is 19.4. The first-order chi connectivity index (χ1) is 14.7. The van der Waals surface area contributed by atoms with Gasteiger partial charge < -0.3 is 5.11 Å². The Morgan fingerprint density at radius 1 is 0.933 bits per heavy atom. The molecular weight excluding hydrogens is 439 g/mol. The summed E-state index contributed by atoms with van der Waals surface area (Å²) in [5, 5.41) is 8.38. The van der Waals surface area contributed by atoms with E-state index in [4.69, 9.17) is 9.84 Å². The van der Waals surface area contributed by atoms with Crippen LogP contribution in [0.15, 0.2) is 60.7 Å². The van der Waals surface area contributed by atoms with Crippen molar-refractivity contribution in [1.29, 1.82) is 0 Å². The van der Waals surface area contributed by atoms with Gasteiger partial charge in [-0.2, -0.15) is 0 Å². The molecule has 0 spiro atoms. The summed E-state index contributed by atoms with van der Waals surface area (Å²) < 4.78 is 7.86. The zero-order valence-corrected chi connectivity index (χ0v) is 19.9. The molecule has 0 radical (unpaired) electrons. The van der Waals surface area contributed by atoms with E-state index in [-0.39, 0.29) is 0 Å². The average molecular weight is 476 g/mol. The molecule has 0 aliphatic heterocycles.